The van der Waals surface area contributed by atoms with Gasteiger partial charge in [0.05, 0.1) is 5.69 Å². The Balaban J connectivity index is 2.37. The fourth-order valence-electron chi connectivity index (χ4n) is 1.48. The minimum absolute atomic E-state index is 0.00706. The van der Waals surface area contributed by atoms with Crippen LogP contribution in [-0.2, 0) is 0 Å². The Bertz CT molecular complexity index is 377. The number of nitrogens with one attached hydrogen (secondary N) is 1. The number of unbranched alkanes of at least 4 members (excludes halogenated alkanes) is 3. The highest BCUT2D eigenvalue weighted by atomic mass is 19.2. The van der Waals surface area contributed by atoms with Crippen LogP contribution in [0.1, 0.15) is 25.7 Å². The lowest BCUT2D eigenvalue weighted by Gasteiger charge is -2.07. The van der Waals surface area contributed by atoms with Crippen LogP contribution in [0.4, 0.5) is 18.9 Å². The molecule has 0 aliphatic carbocycles. The third kappa shape index (κ3) is 4.13. The second kappa shape index (κ2) is 6.99. The third-order valence-electron chi connectivity index (χ3n) is 2.44. The average molecular weight is 243 g/mol. The number of anilines is 1. The van der Waals surface area contributed by atoms with Crippen molar-refractivity contribution in [2.24, 2.45) is 0 Å². The van der Waals surface area contributed by atoms with Crippen molar-refractivity contribution in [2.75, 3.05) is 11.9 Å². The molecule has 1 aromatic rings. The second-order valence-corrected chi connectivity index (χ2v) is 3.79. The van der Waals surface area contributed by atoms with Crippen LogP contribution in [0.3, 0.4) is 0 Å². The lowest BCUT2D eigenvalue weighted by molar-refractivity contribution is 0.449. The molecular formula is C13H16F3N. The summed E-state index contributed by atoms with van der Waals surface area (Å²) in [5, 5.41) is 2.75. The topological polar surface area (TPSA) is 12.0 Å². The highest BCUT2D eigenvalue weighted by Gasteiger charge is 2.12. The van der Waals surface area contributed by atoms with Gasteiger partial charge in [0, 0.05) is 6.54 Å². The first-order chi connectivity index (χ1) is 8.16. The molecule has 1 rings (SSSR count). The number of hydrogen-bond donors (Lipinski definition) is 1. The maximum atomic E-state index is 13.2. The maximum Gasteiger partial charge on any atom is 0.196 e. The van der Waals surface area contributed by atoms with Crippen molar-refractivity contribution in [1.29, 1.82) is 0 Å². The number of rotatable bonds is 7. The molecule has 0 radical (unpaired) electrons. The van der Waals surface area contributed by atoms with Gasteiger partial charge in [-0.25, -0.2) is 13.2 Å². The van der Waals surface area contributed by atoms with Gasteiger partial charge in [0.2, 0.25) is 0 Å². The van der Waals surface area contributed by atoms with Gasteiger partial charge in [-0.2, -0.15) is 0 Å². The molecule has 0 amide bonds. The zero-order valence-electron chi connectivity index (χ0n) is 9.61. The van der Waals surface area contributed by atoms with E-state index in [1.807, 2.05) is 6.08 Å². The Hall–Kier alpha value is -1.45. The van der Waals surface area contributed by atoms with E-state index in [0.29, 0.717) is 6.54 Å². The molecule has 1 nitrogen and oxygen atoms in total. The van der Waals surface area contributed by atoms with Crippen molar-refractivity contribution in [3.05, 3.63) is 42.2 Å². The number of hydrogen-bond acceptors (Lipinski definition) is 1. The molecule has 0 heterocycles. The van der Waals surface area contributed by atoms with E-state index < -0.39 is 17.5 Å². The smallest absolute Gasteiger partial charge is 0.196 e. The molecule has 1 aromatic carbocycles. The van der Waals surface area contributed by atoms with Crippen LogP contribution in [0.15, 0.2) is 24.8 Å². The summed E-state index contributed by atoms with van der Waals surface area (Å²) in [6, 6.07) is 2.12. The molecule has 0 aliphatic rings. The van der Waals surface area contributed by atoms with E-state index in [1.165, 1.54) is 6.07 Å². The zero-order valence-corrected chi connectivity index (χ0v) is 9.61. The first-order valence-corrected chi connectivity index (χ1v) is 5.65. The van der Waals surface area contributed by atoms with E-state index >= 15 is 0 Å². The minimum Gasteiger partial charge on any atom is -0.383 e. The van der Waals surface area contributed by atoms with Gasteiger partial charge in [0.1, 0.15) is 0 Å². The van der Waals surface area contributed by atoms with Crippen molar-refractivity contribution in [3.8, 4) is 0 Å². The van der Waals surface area contributed by atoms with Gasteiger partial charge in [0.25, 0.3) is 0 Å². The molecule has 17 heavy (non-hydrogen) atoms. The molecule has 0 saturated heterocycles. The van der Waals surface area contributed by atoms with Gasteiger partial charge in [-0.3, -0.25) is 0 Å². The Kier molecular flexibility index (Phi) is 5.60. The van der Waals surface area contributed by atoms with Crippen LogP contribution < -0.4 is 5.32 Å². The van der Waals surface area contributed by atoms with Gasteiger partial charge in [-0.15, -0.1) is 6.58 Å². The Labute approximate surface area is 99.3 Å². The molecule has 0 aliphatic heterocycles. The van der Waals surface area contributed by atoms with Gasteiger partial charge < -0.3 is 5.32 Å². The highest BCUT2D eigenvalue weighted by molar-refractivity contribution is 5.45. The van der Waals surface area contributed by atoms with Crippen LogP contribution in [0.2, 0.25) is 0 Å². The molecule has 4 heteroatoms. The standard InChI is InChI=1S/C13H16F3N/c1-2-3-4-5-6-9-17-11-8-7-10(14)12(15)13(11)16/h2,7-8,17H,1,3-6,9H2. The monoisotopic (exact) mass is 243 g/mol. The fourth-order valence-corrected chi connectivity index (χ4v) is 1.48. The van der Waals surface area contributed by atoms with E-state index in [2.05, 4.69) is 11.9 Å². The molecule has 0 saturated carbocycles. The first-order valence-electron chi connectivity index (χ1n) is 5.65. The van der Waals surface area contributed by atoms with Gasteiger partial charge >= 0.3 is 0 Å². The molecule has 94 valence electrons. The van der Waals surface area contributed by atoms with Crippen LogP contribution >= 0.6 is 0 Å². The van der Waals surface area contributed by atoms with Gasteiger partial charge in [-0.1, -0.05) is 12.5 Å². The summed E-state index contributed by atoms with van der Waals surface area (Å²) in [6.07, 6.45) is 5.68. The van der Waals surface area contributed by atoms with Crippen molar-refractivity contribution in [2.45, 2.75) is 25.7 Å². The molecule has 0 unspecified atom stereocenters. The minimum atomic E-state index is -1.43. The third-order valence-corrected chi connectivity index (χ3v) is 2.44. The van der Waals surface area contributed by atoms with Crippen LogP contribution in [-0.4, -0.2) is 6.54 Å². The fraction of sp³-hybridized carbons (Fsp3) is 0.385. The maximum absolute atomic E-state index is 13.2. The van der Waals surface area contributed by atoms with E-state index in [9.17, 15) is 13.2 Å². The molecule has 0 aromatic heterocycles. The predicted octanol–water partition coefficient (Wildman–Crippen LogP) is 4.26. The Morgan fingerprint density at radius 2 is 1.82 bits per heavy atom. The van der Waals surface area contributed by atoms with E-state index in [0.717, 1.165) is 31.7 Å². The van der Waals surface area contributed by atoms with Crippen molar-refractivity contribution in [3.63, 3.8) is 0 Å². The zero-order chi connectivity index (χ0) is 12.7. The van der Waals surface area contributed by atoms with E-state index in [1.54, 1.807) is 0 Å². The molecule has 0 fully saturated rings. The van der Waals surface area contributed by atoms with Crippen molar-refractivity contribution in [1.82, 2.24) is 0 Å². The van der Waals surface area contributed by atoms with Crippen LogP contribution in [0, 0.1) is 17.5 Å². The first kappa shape index (κ1) is 13.6. The normalized spacial score (nSPS) is 10.3. The van der Waals surface area contributed by atoms with Crippen LogP contribution in [0.5, 0.6) is 0 Å². The van der Waals surface area contributed by atoms with E-state index in [-0.39, 0.29) is 5.69 Å². The summed E-state index contributed by atoms with van der Waals surface area (Å²) in [4.78, 5) is 0. The summed E-state index contributed by atoms with van der Waals surface area (Å²) in [5.41, 5.74) is 0.00706. The van der Waals surface area contributed by atoms with Gasteiger partial charge in [0.15, 0.2) is 17.5 Å². The van der Waals surface area contributed by atoms with Crippen LogP contribution in [0.25, 0.3) is 0 Å². The largest absolute Gasteiger partial charge is 0.383 e. The lowest BCUT2D eigenvalue weighted by Crippen LogP contribution is -2.05. The average Bonchev–Trinajstić information content (AvgIpc) is 2.33. The Morgan fingerprint density at radius 3 is 2.53 bits per heavy atom. The van der Waals surface area contributed by atoms with E-state index in [4.69, 9.17) is 0 Å². The second-order valence-electron chi connectivity index (χ2n) is 3.79. The lowest BCUT2D eigenvalue weighted by atomic mass is 10.2. The number of allylic oxidation sites excluding steroid dienone is 1. The summed E-state index contributed by atoms with van der Waals surface area (Å²) in [5.74, 6) is -3.75. The Morgan fingerprint density at radius 1 is 1.06 bits per heavy atom. The number of halogens is 3. The SMILES string of the molecule is C=CCCCCCNc1ccc(F)c(F)c1F. The predicted molar refractivity (Wildman–Crippen MR) is 63.5 cm³/mol. The molecule has 1 N–H and O–H groups in total. The summed E-state index contributed by atoms with van der Waals surface area (Å²) in [6.45, 7) is 4.15. The van der Waals surface area contributed by atoms with Crippen molar-refractivity contribution >= 4 is 5.69 Å². The molecule has 0 spiro atoms. The van der Waals surface area contributed by atoms with Gasteiger partial charge in [-0.05, 0) is 31.4 Å². The molecule has 0 bridgehead atoms. The van der Waals surface area contributed by atoms with Crippen molar-refractivity contribution < 1.29 is 13.2 Å². The summed E-state index contributed by atoms with van der Waals surface area (Å²) >= 11 is 0. The molecular weight excluding hydrogens is 227 g/mol. The number of benzene rings is 1. The summed E-state index contributed by atoms with van der Waals surface area (Å²) < 4.78 is 38.7. The highest BCUT2D eigenvalue weighted by Crippen LogP contribution is 2.19. The molecule has 0 atom stereocenters. The summed E-state index contributed by atoms with van der Waals surface area (Å²) in [7, 11) is 0. The quantitative estimate of drug-likeness (QED) is 0.428.